The van der Waals surface area contributed by atoms with Crippen molar-refractivity contribution in [2.24, 2.45) is 0 Å². The maximum absolute atomic E-state index is 15.3. The third-order valence-electron chi connectivity index (χ3n) is 6.78. The maximum atomic E-state index is 15.3. The average Bonchev–Trinajstić information content (AvgIpc) is 3.37. The number of carbonyl (C=O) groups is 1. The monoisotopic (exact) mass is 473 g/mol. The quantitative estimate of drug-likeness (QED) is 0.529. The SMILES string of the molecule is COc1cc(OC)c(F)c(-c2ccc(NC3(C(=O)O)CCOCC3)cc2COC2CCCC2)c1. The highest BCUT2D eigenvalue weighted by Gasteiger charge is 2.40. The van der Waals surface area contributed by atoms with Gasteiger partial charge in [0.1, 0.15) is 11.3 Å². The van der Waals surface area contributed by atoms with Gasteiger partial charge in [0.15, 0.2) is 11.6 Å². The Morgan fingerprint density at radius 1 is 1.12 bits per heavy atom. The molecule has 7 nitrogen and oxygen atoms in total. The van der Waals surface area contributed by atoms with E-state index in [1.54, 1.807) is 18.2 Å². The Hall–Kier alpha value is -2.84. The molecule has 0 radical (unpaired) electrons. The van der Waals surface area contributed by atoms with Gasteiger partial charge in [-0.2, -0.15) is 0 Å². The lowest BCUT2D eigenvalue weighted by atomic mass is 9.89. The van der Waals surface area contributed by atoms with Gasteiger partial charge >= 0.3 is 5.97 Å². The first-order valence-electron chi connectivity index (χ1n) is 11.7. The Balaban J connectivity index is 1.72. The molecule has 8 heteroatoms. The van der Waals surface area contributed by atoms with Crippen LogP contribution in [0.5, 0.6) is 11.5 Å². The zero-order valence-corrected chi connectivity index (χ0v) is 19.7. The van der Waals surface area contributed by atoms with Crippen molar-refractivity contribution in [2.45, 2.75) is 56.8 Å². The Kier molecular flexibility index (Phi) is 7.58. The van der Waals surface area contributed by atoms with Crippen LogP contribution in [0.25, 0.3) is 11.1 Å². The zero-order valence-electron chi connectivity index (χ0n) is 19.7. The summed E-state index contributed by atoms with van der Waals surface area (Å²) >= 11 is 0. The molecule has 2 aromatic carbocycles. The van der Waals surface area contributed by atoms with Crippen LogP contribution in [-0.4, -0.2) is 50.2 Å². The van der Waals surface area contributed by atoms with Crippen molar-refractivity contribution < 1.29 is 33.2 Å². The lowest BCUT2D eigenvalue weighted by Gasteiger charge is -2.35. The number of nitrogens with one attached hydrogen (secondary N) is 1. The average molecular weight is 474 g/mol. The lowest BCUT2D eigenvalue weighted by molar-refractivity contribution is -0.145. The minimum absolute atomic E-state index is 0.0891. The summed E-state index contributed by atoms with van der Waals surface area (Å²) in [5, 5.41) is 13.2. The molecule has 2 aromatic rings. The summed E-state index contributed by atoms with van der Waals surface area (Å²) in [6, 6.07) is 8.57. The van der Waals surface area contributed by atoms with Gasteiger partial charge in [-0.1, -0.05) is 18.9 Å². The Morgan fingerprint density at radius 2 is 1.85 bits per heavy atom. The number of halogens is 1. The van der Waals surface area contributed by atoms with Crippen LogP contribution in [0.2, 0.25) is 0 Å². The van der Waals surface area contributed by atoms with Crippen molar-refractivity contribution in [1.82, 2.24) is 0 Å². The number of aliphatic carboxylic acids is 1. The van der Waals surface area contributed by atoms with E-state index in [0.29, 0.717) is 48.6 Å². The first-order valence-corrected chi connectivity index (χ1v) is 11.7. The van der Waals surface area contributed by atoms with Crippen LogP contribution < -0.4 is 14.8 Å². The molecule has 0 atom stereocenters. The van der Waals surface area contributed by atoms with E-state index >= 15 is 4.39 Å². The van der Waals surface area contributed by atoms with E-state index in [0.717, 1.165) is 31.2 Å². The molecule has 1 heterocycles. The summed E-state index contributed by atoms with van der Waals surface area (Å²) in [7, 11) is 2.94. The number of hydrogen-bond donors (Lipinski definition) is 2. The summed E-state index contributed by atoms with van der Waals surface area (Å²) in [6.07, 6.45) is 5.20. The largest absolute Gasteiger partial charge is 0.497 e. The number of rotatable bonds is 9. The van der Waals surface area contributed by atoms with Crippen molar-refractivity contribution in [1.29, 1.82) is 0 Å². The third kappa shape index (κ3) is 5.13. The van der Waals surface area contributed by atoms with Crippen molar-refractivity contribution in [3.8, 4) is 22.6 Å². The number of benzene rings is 2. The van der Waals surface area contributed by atoms with Crippen LogP contribution in [0, 0.1) is 5.82 Å². The number of hydrogen-bond acceptors (Lipinski definition) is 6. The van der Waals surface area contributed by atoms with Crippen molar-refractivity contribution in [3.63, 3.8) is 0 Å². The third-order valence-corrected chi connectivity index (χ3v) is 6.78. The Bertz CT molecular complexity index is 1010. The normalized spacial score (nSPS) is 18.0. The fraction of sp³-hybridized carbons (Fsp3) is 0.500. The van der Waals surface area contributed by atoms with Gasteiger partial charge in [0.05, 0.1) is 26.9 Å². The molecule has 0 amide bonds. The fourth-order valence-electron chi connectivity index (χ4n) is 4.74. The molecule has 34 heavy (non-hydrogen) atoms. The first kappa shape index (κ1) is 24.3. The predicted octanol–water partition coefficient (Wildman–Crippen LogP) is 5.01. The Morgan fingerprint density at radius 3 is 2.50 bits per heavy atom. The first-order chi connectivity index (χ1) is 16.5. The van der Waals surface area contributed by atoms with Crippen molar-refractivity contribution in [3.05, 3.63) is 41.7 Å². The molecule has 0 aromatic heterocycles. The molecule has 4 rings (SSSR count). The molecule has 0 spiro atoms. The second kappa shape index (κ2) is 10.6. The van der Waals surface area contributed by atoms with Gasteiger partial charge in [-0.25, -0.2) is 9.18 Å². The second-order valence-corrected chi connectivity index (χ2v) is 8.91. The van der Waals surface area contributed by atoms with Gasteiger partial charge in [-0.15, -0.1) is 0 Å². The van der Waals surface area contributed by atoms with Crippen LogP contribution >= 0.6 is 0 Å². The van der Waals surface area contributed by atoms with Gasteiger partial charge in [-0.3, -0.25) is 0 Å². The number of methoxy groups -OCH3 is 2. The van der Waals surface area contributed by atoms with Gasteiger partial charge in [-0.05, 0) is 42.2 Å². The minimum atomic E-state index is -1.10. The molecule has 2 fully saturated rings. The smallest absolute Gasteiger partial charge is 0.329 e. The summed E-state index contributed by atoms with van der Waals surface area (Å²) in [5.74, 6) is -0.832. The van der Waals surface area contributed by atoms with Crippen LogP contribution in [0.4, 0.5) is 10.1 Å². The van der Waals surface area contributed by atoms with Gasteiger partial charge in [0.2, 0.25) is 0 Å². The van der Waals surface area contributed by atoms with E-state index in [4.69, 9.17) is 18.9 Å². The maximum Gasteiger partial charge on any atom is 0.329 e. The fourth-order valence-corrected chi connectivity index (χ4v) is 4.74. The van der Waals surface area contributed by atoms with E-state index in [9.17, 15) is 9.90 Å². The topological polar surface area (TPSA) is 86.3 Å². The summed E-state index contributed by atoms with van der Waals surface area (Å²) in [5.41, 5.74) is 1.29. The van der Waals surface area contributed by atoms with Crippen LogP contribution in [0.3, 0.4) is 0 Å². The number of carboxylic acid groups (broad SMARTS) is 1. The van der Waals surface area contributed by atoms with Crippen LogP contribution in [0.1, 0.15) is 44.1 Å². The number of anilines is 1. The highest BCUT2D eigenvalue weighted by molar-refractivity contribution is 5.83. The standard InChI is InChI=1S/C26H32FNO6/c1-31-20-14-22(24(27)23(15-20)32-2)21-8-7-18(13-17(21)16-34-19-5-3-4-6-19)28-26(25(29)30)9-11-33-12-10-26/h7-8,13-15,19,28H,3-6,9-12,16H2,1-2H3,(H,29,30). The van der Waals surface area contributed by atoms with Crippen LogP contribution in [-0.2, 0) is 20.9 Å². The molecule has 0 bridgehead atoms. The van der Waals surface area contributed by atoms with E-state index < -0.39 is 17.3 Å². The molecule has 1 saturated heterocycles. The zero-order chi connectivity index (χ0) is 24.1. The highest BCUT2D eigenvalue weighted by Crippen LogP contribution is 2.38. The molecule has 0 unspecified atom stereocenters. The van der Waals surface area contributed by atoms with E-state index in [-0.39, 0.29) is 18.5 Å². The molecule has 2 N–H and O–H groups in total. The van der Waals surface area contributed by atoms with Gasteiger partial charge < -0.3 is 29.4 Å². The lowest BCUT2D eigenvalue weighted by Crippen LogP contribution is -2.50. The van der Waals surface area contributed by atoms with Gasteiger partial charge in [0.25, 0.3) is 0 Å². The summed E-state index contributed by atoms with van der Waals surface area (Å²) in [4.78, 5) is 12.1. The molecule has 2 aliphatic rings. The van der Waals surface area contributed by atoms with Crippen molar-refractivity contribution >= 4 is 11.7 Å². The molecule has 1 saturated carbocycles. The molecular formula is C26H32FNO6. The van der Waals surface area contributed by atoms with Gasteiger partial charge in [0, 0.05) is 43.4 Å². The predicted molar refractivity (Wildman–Crippen MR) is 126 cm³/mol. The molecular weight excluding hydrogens is 441 g/mol. The van der Waals surface area contributed by atoms with E-state index in [2.05, 4.69) is 5.32 Å². The number of ether oxygens (including phenoxy) is 4. The van der Waals surface area contributed by atoms with E-state index in [1.165, 1.54) is 20.3 Å². The van der Waals surface area contributed by atoms with E-state index in [1.807, 2.05) is 6.07 Å². The highest BCUT2D eigenvalue weighted by atomic mass is 19.1. The Labute approximate surface area is 199 Å². The summed E-state index contributed by atoms with van der Waals surface area (Å²) in [6.45, 7) is 1.05. The minimum Gasteiger partial charge on any atom is -0.497 e. The molecule has 1 aliphatic heterocycles. The molecule has 184 valence electrons. The second-order valence-electron chi connectivity index (χ2n) is 8.91. The number of carboxylic acids is 1. The summed E-state index contributed by atoms with van der Waals surface area (Å²) < 4.78 is 37.4. The van der Waals surface area contributed by atoms with Crippen molar-refractivity contribution in [2.75, 3.05) is 32.8 Å². The van der Waals surface area contributed by atoms with Crippen LogP contribution in [0.15, 0.2) is 30.3 Å². The molecule has 1 aliphatic carbocycles.